The third-order valence-corrected chi connectivity index (χ3v) is 4.69. The van der Waals surface area contributed by atoms with Crippen molar-refractivity contribution < 1.29 is 22.7 Å². The maximum absolute atomic E-state index is 12.9. The number of rotatable bonds is 1. The summed E-state index contributed by atoms with van der Waals surface area (Å²) in [6.45, 7) is 2.02. The molecule has 3 aromatic rings. The Morgan fingerprint density at radius 2 is 1.85 bits per heavy atom. The van der Waals surface area contributed by atoms with Crippen molar-refractivity contribution in [2.75, 3.05) is 6.61 Å². The van der Waals surface area contributed by atoms with Crippen molar-refractivity contribution in [1.82, 2.24) is 4.57 Å². The van der Waals surface area contributed by atoms with Gasteiger partial charge in [0.2, 0.25) is 5.91 Å². The van der Waals surface area contributed by atoms with E-state index in [0.29, 0.717) is 30.0 Å². The minimum absolute atomic E-state index is 0.186. The van der Waals surface area contributed by atoms with Crippen LogP contribution < -0.4 is 4.74 Å². The molecule has 0 aliphatic carbocycles. The third-order valence-electron chi connectivity index (χ3n) is 4.69. The molecule has 0 N–H and O–H groups in total. The molecule has 0 amide bonds. The highest BCUT2D eigenvalue weighted by molar-refractivity contribution is 6.03. The Kier molecular flexibility index (Phi) is 3.79. The van der Waals surface area contributed by atoms with Crippen molar-refractivity contribution in [2.24, 2.45) is 0 Å². The van der Waals surface area contributed by atoms with Crippen LogP contribution in [0.1, 0.15) is 29.3 Å². The van der Waals surface area contributed by atoms with Crippen molar-refractivity contribution in [1.29, 1.82) is 0 Å². The molecule has 0 fully saturated rings. The summed E-state index contributed by atoms with van der Waals surface area (Å²) in [5.41, 5.74) is 2.21. The van der Waals surface area contributed by atoms with Gasteiger partial charge in [0.25, 0.3) is 0 Å². The molecule has 1 aromatic heterocycles. The van der Waals surface area contributed by atoms with Gasteiger partial charge in [0, 0.05) is 12.3 Å². The molecule has 1 aliphatic heterocycles. The number of ether oxygens (including phenoxy) is 1. The first-order valence-corrected chi connectivity index (χ1v) is 8.35. The standard InChI is InChI=1S/C20H16F3NO2/c1-12(25)24-16-5-2-6-17-18(16)15(4-3-11-26-17)19(24)13-7-9-14(10-8-13)20(21,22)23/h2,5-10H,3-4,11H2,1H3. The van der Waals surface area contributed by atoms with Crippen molar-refractivity contribution in [3.8, 4) is 17.0 Å². The predicted molar refractivity (Wildman–Crippen MR) is 92.5 cm³/mol. The van der Waals surface area contributed by atoms with Crippen molar-refractivity contribution in [3.63, 3.8) is 0 Å². The van der Waals surface area contributed by atoms with Crippen LogP contribution >= 0.6 is 0 Å². The maximum atomic E-state index is 12.9. The minimum Gasteiger partial charge on any atom is -0.493 e. The highest BCUT2D eigenvalue weighted by Crippen LogP contribution is 2.41. The lowest BCUT2D eigenvalue weighted by atomic mass is 10.0. The number of benzene rings is 2. The van der Waals surface area contributed by atoms with Gasteiger partial charge in [-0.25, -0.2) is 0 Å². The van der Waals surface area contributed by atoms with Crippen molar-refractivity contribution >= 4 is 16.8 Å². The first kappa shape index (κ1) is 16.7. The Hall–Kier alpha value is -2.76. The Morgan fingerprint density at radius 1 is 1.12 bits per heavy atom. The van der Waals surface area contributed by atoms with Crippen LogP contribution in [0.3, 0.4) is 0 Å². The van der Waals surface area contributed by atoms with E-state index in [4.69, 9.17) is 4.74 Å². The zero-order valence-electron chi connectivity index (χ0n) is 14.1. The molecule has 0 unspecified atom stereocenters. The fourth-order valence-corrected chi connectivity index (χ4v) is 3.63. The summed E-state index contributed by atoms with van der Waals surface area (Å²) in [6, 6.07) is 10.5. The van der Waals surface area contributed by atoms with Gasteiger partial charge in [0.15, 0.2) is 0 Å². The second-order valence-corrected chi connectivity index (χ2v) is 6.36. The summed E-state index contributed by atoms with van der Waals surface area (Å²) in [6.07, 6.45) is -2.91. The van der Waals surface area contributed by atoms with E-state index < -0.39 is 11.7 Å². The molecular weight excluding hydrogens is 343 g/mol. The first-order valence-electron chi connectivity index (χ1n) is 8.35. The first-order chi connectivity index (χ1) is 12.4. The number of nitrogens with zero attached hydrogens (tertiary/aromatic N) is 1. The molecule has 0 bridgehead atoms. The van der Waals surface area contributed by atoms with Gasteiger partial charge in [-0.1, -0.05) is 18.2 Å². The van der Waals surface area contributed by atoms with Gasteiger partial charge in [-0.3, -0.25) is 9.36 Å². The molecule has 0 atom stereocenters. The largest absolute Gasteiger partial charge is 0.493 e. The van der Waals surface area contributed by atoms with E-state index in [9.17, 15) is 18.0 Å². The summed E-state index contributed by atoms with van der Waals surface area (Å²) in [5.74, 6) is 0.525. The fraction of sp³-hybridized carbons (Fsp3) is 0.250. The molecule has 3 nitrogen and oxygen atoms in total. The van der Waals surface area contributed by atoms with Crippen LogP contribution in [0.5, 0.6) is 5.75 Å². The normalized spacial score (nSPS) is 14.2. The van der Waals surface area contributed by atoms with Crippen LogP contribution in [-0.4, -0.2) is 17.1 Å². The van der Waals surface area contributed by atoms with Gasteiger partial charge in [0.1, 0.15) is 5.75 Å². The average Bonchev–Trinajstić information content (AvgIpc) is 2.77. The summed E-state index contributed by atoms with van der Waals surface area (Å²) < 4.78 is 46.0. The highest BCUT2D eigenvalue weighted by Gasteiger charge is 2.31. The molecule has 2 aromatic carbocycles. The van der Waals surface area contributed by atoms with E-state index in [1.807, 2.05) is 18.2 Å². The second-order valence-electron chi connectivity index (χ2n) is 6.36. The number of carbonyl (C=O) groups is 1. The van der Waals surface area contributed by atoms with E-state index in [1.165, 1.54) is 19.1 Å². The molecule has 0 saturated heterocycles. The smallest absolute Gasteiger partial charge is 0.416 e. The summed E-state index contributed by atoms with van der Waals surface area (Å²) in [7, 11) is 0. The Bertz CT molecular complexity index is 1000. The lowest BCUT2D eigenvalue weighted by Crippen LogP contribution is -2.09. The molecule has 4 rings (SSSR count). The molecule has 0 spiro atoms. The molecule has 134 valence electrons. The minimum atomic E-state index is -4.39. The SMILES string of the molecule is CC(=O)n1c(-c2ccc(C(F)(F)F)cc2)c2c3c(cccc31)OCCC2. The molecule has 0 radical (unpaired) electrons. The Morgan fingerprint density at radius 3 is 2.50 bits per heavy atom. The fourth-order valence-electron chi connectivity index (χ4n) is 3.63. The van der Waals surface area contributed by atoms with E-state index in [0.717, 1.165) is 35.0 Å². The molecule has 1 aliphatic rings. The van der Waals surface area contributed by atoms with Crippen LogP contribution in [0, 0.1) is 0 Å². The molecule has 6 heteroatoms. The number of aryl methyl sites for hydroxylation is 1. The Balaban J connectivity index is 2.01. The van der Waals surface area contributed by atoms with Gasteiger partial charge >= 0.3 is 6.18 Å². The second kappa shape index (κ2) is 5.90. The Labute approximate surface area is 148 Å². The molecule has 0 saturated carbocycles. The van der Waals surface area contributed by atoms with Crippen molar-refractivity contribution in [3.05, 3.63) is 53.6 Å². The van der Waals surface area contributed by atoms with E-state index in [-0.39, 0.29) is 5.91 Å². The molecular formula is C20H16F3NO2. The summed E-state index contributed by atoms with van der Waals surface area (Å²) in [5, 5.41) is 0.870. The monoisotopic (exact) mass is 359 g/mol. The van der Waals surface area contributed by atoms with Gasteiger partial charge in [0.05, 0.1) is 23.4 Å². The lowest BCUT2D eigenvalue weighted by molar-refractivity contribution is -0.137. The number of alkyl halides is 3. The van der Waals surface area contributed by atoms with E-state index >= 15 is 0 Å². The zero-order valence-corrected chi connectivity index (χ0v) is 14.1. The van der Waals surface area contributed by atoms with E-state index in [1.54, 1.807) is 4.57 Å². The number of hydrogen-bond donors (Lipinski definition) is 0. The topological polar surface area (TPSA) is 31.2 Å². The molecule has 26 heavy (non-hydrogen) atoms. The van der Waals surface area contributed by atoms with Gasteiger partial charge in [-0.05, 0) is 48.2 Å². The average molecular weight is 359 g/mol. The van der Waals surface area contributed by atoms with Crippen LogP contribution in [0.2, 0.25) is 0 Å². The lowest BCUT2D eigenvalue weighted by Gasteiger charge is -2.12. The van der Waals surface area contributed by atoms with Crippen LogP contribution in [0.15, 0.2) is 42.5 Å². The third kappa shape index (κ3) is 2.57. The van der Waals surface area contributed by atoms with Gasteiger partial charge in [-0.15, -0.1) is 0 Å². The maximum Gasteiger partial charge on any atom is 0.416 e. The number of hydrogen-bond acceptors (Lipinski definition) is 2. The van der Waals surface area contributed by atoms with Gasteiger partial charge in [-0.2, -0.15) is 13.2 Å². The number of carbonyl (C=O) groups excluding carboxylic acids is 1. The van der Waals surface area contributed by atoms with Crippen LogP contribution in [-0.2, 0) is 12.6 Å². The summed E-state index contributed by atoms with van der Waals surface area (Å²) >= 11 is 0. The molecule has 2 heterocycles. The van der Waals surface area contributed by atoms with Crippen molar-refractivity contribution in [2.45, 2.75) is 25.9 Å². The predicted octanol–water partition coefficient (Wildman–Crippen LogP) is 5.31. The highest BCUT2D eigenvalue weighted by atomic mass is 19.4. The van der Waals surface area contributed by atoms with Crippen LogP contribution in [0.4, 0.5) is 13.2 Å². The summed E-state index contributed by atoms with van der Waals surface area (Å²) in [4.78, 5) is 12.4. The quantitative estimate of drug-likeness (QED) is 0.589. The van der Waals surface area contributed by atoms with Crippen LogP contribution in [0.25, 0.3) is 22.2 Å². The zero-order chi connectivity index (χ0) is 18.5. The number of aromatic nitrogens is 1. The number of halogens is 3. The van der Waals surface area contributed by atoms with Gasteiger partial charge < -0.3 is 4.74 Å². The van der Waals surface area contributed by atoms with E-state index in [2.05, 4.69) is 0 Å².